The third-order valence-corrected chi connectivity index (χ3v) is 3.18. The lowest BCUT2D eigenvalue weighted by Crippen LogP contribution is -2.12. The highest BCUT2D eigenvalue weighted by Crippen LogP contribution is 2.23. The number of hydrogen-bond donors (Lipinski definition) is 2. The van der Waals surface area contributed by atoms with Crippen LogP contribution in [0.2, 0.25) is 0 Å². The molecule has 2 N–H and O–H groups in total. The zero-order valence-corrected chi connectivity index (χ0v) is 12.6. The Bertz CT molecular complexity index is 633. The number of nitrogens with one attached hydrogen (secondary N) is 1. The maximum Gasteiger partial charge on any atom is 0.224 e. The van der Waals surface area contributed by atoms with E-state index < -0.39 is 0 Å². The number of amides is 1. The SMILES string of the molecule is COc1cc(CCC(=O)Nc2cccc(O)c2)cc(OC)c1. The molecule has 0 aliphatic rings. The zero-order chi connectivity index (χ0) is 15.9. The van der Waals surface area contributed by atoms with Gasteiger partial charge in [0.2, 0.25) is 5.91 Å². The summed E-state index contributed by atoms with van der Waals surface area (Å²) in [7, 11) is 3.18. The van der Waals surface area contributed by atoms with Crippen LogP contribution < -0.4 is 14.8 Å². The van der Waals surface area contributed by atoms with Crippen LogP contribution in [0.3, 0.4) is 0 Å². The predicted octanol–water partition coefficient (Wildman–Crippen LogP) is 2.98. The minimum Gasteiger partial charge on any atom is -0.508 e. The molecule has 0 radical (unpaired) electrons. The smallest absolute Gasteiger partial charge is 0.224 e. The Morgan fingerprint density at radius 2 is 1.77 bits per heavy atom. The largest absolute Gasteiger partial charge is 0.508 e. The lowest BCUT2D eigenvalue weighted by Gasteiger charge is -2.09. The highest BCUT2D eigenvalue weighted by molar-refractivity contribution is 5.91. The number of aryl methyl sites for hydroxylation is 1. The highest BCUT2D eigenvalue weighted by Gasteiger charge is 2.06. The molecule has 2 aromatic rings. The molecule has 2 rings (SSSR count). The van der Waals surface area contributed by atoms with Crippen molar-refractivity contribution in [2.24, 2.45) is 0 Å². The average molecular weight is 301 g/mol. The van der Waals surface area contributed by atoms with E-state index in [-0.39, 0.29) is 11.7 Å². The van der Waals surface area contributed by atoms with Crippen molar-refractivity contribution >= 4 is 11.6 Å². The van der Waals surface area contributed by atoms with Crippen LogP contribution in [0, 0.1) is 0 Å². The Kier molecular flexibility index (Phi) is 5.25. The van der Waals surface area contributed by atoms with Crippen molar-refractivity contribution in [2.75, 3.05) is 19.5 Å². The fourth-order valence-electron chi connectivity index (χ4n) is 2.08. The summed E-state index contributed by atoms with van der Waals surface area (Å²) in [6.07, 6.45) is 0.893. The lowest BCUT2D eigenvalue weighted by molar-refractivity contribution is -0.116. The fraction of sp³-hybridized carbons (Fsp3) is 0.235. The van der Waals surface area contributed by atoms with Crippen molar-refractivity contribution in [3.05, 3.63) is 48.0 Å². The van der Waals surface area contributed by atoms with Gasteiger partial charge >= 0.3 is 0 Å². The quantitative estimate of drug-likeness (QED) is 0.860. The van der Waals surface area contributed by atoms with Gasteiger partial charge in [0.25, 0.3) is 0 Å². The first-order chi connectivity index (χ1) is 10.6. The number of methoxy groups -OCH3 is 2. The zero-order valence-electron chi connectivity index (χ0n) is 12.6. The normalized spacial score (nSPS) is 10.1. The van der Waals surface area contributed by atoms with Crippen LogP contribution in [0.1, 0.15) is 12.0 Å². The Morgan fingerprint density at radius 1 is 1.09 bits per heavy atom. The molecule has 116 valence electrons. The summed E-state index contributed by atoms with van der Waals surface area (Å²) >= 11 is 0. The predicted molar refractivity (Wildman–Crippen MR) is 84.6 cm³/mol. The first-order valence-corrected chi connectivity index (χ1v) is 6.91. The van der Waals surface area contributed by atoms with Gasteiger partial charge in [-0.25, -0.2) is 0 Å². The second kappa shape index (κ2) is 7.36. The van der Waals surface area contributed by atoms with E-state index in [4.69, 9.17) is 9.47 Å². The first kappa shape index (κ1) is 15.7. The van der Waals surface area contributed by atoms with Crippen LogP contribution in [0.5, 0.6) is 17.2 Å². The topological polar surface area (TPSA) is 67.8 Å². The minimum atomic E-state index is -0.118. The molecule has 0 bridgehead atoms. The Hall–Kier alpha value is -2.69. The van der Waals surface area contributed by atoms with Crippen LogP contribution in [0.4, 0.5) is 5.69 Å². The number of carbonyl (C=O) groups is 1. The van der Waals surface area contributed by atoms with Crippen molar-refractivity contribution in [2.45, 2.75) is 12.8 Å². The average Bonchev–Trinajstić information content (AvgIpc) is 2.52. The lowest BCUT2D eigenvalue weighted by atomic mass is 10.1. The molecule has 22 heavy (non-hydrogen) atoms. The van der Waals surface area contributed by atoms with E-state index in [0.717, 1.165) is 5.56 Å². The molecule has 0 aromatic heterocycles. The van der Waals surface area contributed by atoms with Gasteiger partial charge in [0.15, 0.2) is 0 Å². The van der Waals surface area contributed by atoms with Crippen molar-refractivity contribution in [3.8, 4) is 17.2 Å². The monoisotopic (exact) mass is 301 g/mol. The van der Waals surface area contributed by atoms with E-state index in [1.165, 1.54) is 6.07 Å². The third kappa shape index (κ3) is 4.41. The van der Waals surface area contributed by atoms with E-state index in [2.05, 4.69) is 5.32 Å². The van der Waals surface area contributed by atoms with Crippen LogP contribution in [-0.2, 0) is 11.2 Å². The van der Waals surface area contributed by atoms with Gasteiger partial charge in [-0.3, -0.25) is 4.79 Å². The van der Waals surface area contributed by atoms with E-state index >= 15 is 0 Å². The van der Waals surface area contributed by atoms with Gasteiger partial charge in [0.1, 0.15) is 17.2 Å². The number of carbonyl (C=O) groups excluding carboxylic acids is 1. The number of aromatic hydroxyl groups is 1. The molecule has 0 unspecified atom stereocenters. The van der Waals surface area contributed by atoms with Gasteiger partial charge in [-0.05, 0) is 36.2 Å². The number of phenols is 1. The van der Waals surface area contributed by atoms with Gasteiger partial charge in [0.05, 0.1) is 14.2 Å². The molecule has 0 spiro atoms. The Balaban J connectivity index is 1.96. The number of hydrogen-bond acceptors (Lipinski definition) is 4. The molecule has 0 saturated carbocycles. The second-order valence-corrected chi connectivity index (χ2v) is 4.82. The maximum absolute atomic E-state index is 12.0. The molecule has 2 aromatic carbocycles. The highest BCUT2D eigenvalue weighted by atomic mass is 16.5. The van der Waals surface area contributed by atoms with E-state index in [9.17, 15) is 9.90 Å². The van der Waals surface area contributed by atoms with Crippen LogP contribution in [0.25, 0.3) is 0 Å². The minimum absolute atomic E-state index is 0.118. The summed E-state index contributed by atoms with van der Waals surface area (Å²) in [6, 6.07) is 12.0. The molecular formula is C17H19NO4. The Labute approximate surface area is 129 Å². The van der Waals surface area contributed by atoms with Crippen molar-refractivity contribution in [1.82, 2.24) is 0 Å². The molecule has 0 atom stereocenters. The van der Waals surface area contributed by atoms with Gasteiger partial charge in [-0.2, -0.15) is 0 Å². The van der Waals surface area contributed by atoms with E-state index in [0.29, 0.717) is 30.0 Å². The third-order valence-electron chi connectivity index (χ3n) is 3.18. The first-order valence-electron chi connectivity index (χ1n) is 6.91. The molecule has 0 fully saturated rings. The van der Waals surface area contributed by atoms with Crippen molar-refractivity contribution < 1.29 is 19.4 Å². The van der Waals surface area contributed by atoms with Crippen LogP contribution in [0.15, 0.2) is 42.5 Å². The van der Waals surface area contributed by atoms with Gasteiger partial charge in [-0.15, -0.1) is 0 Å². The van der Waals surface area contributed by atoms with Crippen LogP contribution >= 0.6 is 0 Å². The molecule has 0 saturated heterocycles. The van der Waals surface area contributed by atoms with E-state index in [1.54, 1.807) is 38.5 Å². The molecule has 5 heteroatoms. The molecular weight excluding hydrogens is 282 g/mol. The molecule has 0 aliphatic heterocycles. The molecule has 5 nitrogen and oxygen atoms in total. The molecule has 0 heterocycles. The number of anilines is 1. The number of phenolic OH excluding ortho intramolecular Hbond substituents is 1. The summed E-state index contributed by atoms with van der Waals surface area (Å²) in [5.74, 6) is 1.40. The van der Waals surface area contributed by atoms with Gasteiger partial charge in [0, 0.05) is 24.2 Å². The summed E-state index contributed by atoms with van der Waals surface area (Å²) < 4.78 is 10.4. The summed E-state index contributed by atoms with van der Waals surface area (Å²) in [4.78, 5) is 12.0. The summed E-state index contributed by atoms with van der Waals surface area (Å²) in [5, 5.41) is 12.1. The van der Waals surface area contributed by atoms with Gasteiger partial charge in [-0.1, -0.05) is 6.07 Å². The summed E-state index contributed by atoms with van der Waals surface area (Å²) in [5.41, 5.74) is 1.54. The maximum atomic E-state index is 12.0. The van der Waals surface area contributed by atoms with Crippen molar-refractivity contribution in [1.29, 1.82) is 0 Å². The molecule has 0 aliphatic carbocycles. The molecule has 1 amide bonds. The standard InChI is InChI=1S/C17H19NO4/c1-21-15-8-12(9-16(11-15)22-2)6-7-17(20)18-13-4-3-5-14(19)10-13/h3-5,8-11,19H,6-7H2,1-2H3,(H,18,20). The van der Waals surface area contributed by atoms with Crippen LogP contribution in [-0.4, -0.2) is 25.2 Å². The fourth-order valence-corrected chi connectivity index (χ4v) is 2.08. The number of benzene rings is 2. The van der Waals surface area contributed by atoms with Gasteiger partial charge < -0.3 is 19.9 Å². The second-order valence-electron chi connectivity index (χ2n) is 4.82. The van der Waals surface area contributed by atoms with Crippen molar-refractivity contribution in [3.63, 3.8) is 0 Å². The number of ether oxygens (including phenoxy) is 2. The van der Waals surface area contributed by atoms with E-state index in [1.807, 2.05) is 12.1 Å². The summed E-state index contributed by atoms with van der Waals surface area (Å²) in [6.45, 7) is 0. The Morgan fingerprint density at radius 3 is 2.36 bits per heavy atom. The number of rotatable bonds is 6.